The van der Waals surface area contributed by atoms with Gasteiger partial charge in [0.25, 0.3) is 0 Å². The van der Waals surface area contributed by atoms with E-state index in [4.69, 9.17) is 9.47 Å². The van der Waals surface area contributed by atoms with Gasteiger partial charge in [0.15, 0.2) is 0 Å². The van der Waals surface area contributed by atoms with E-state index < -0.39 is 17.8 Å². The van der Waals surface area contributed by atoms with Crippen LogP contribution >= 0.6 is 0 Å². The first-order valence-corrected chi connectivity index (χ1v) is 13.3. The number of ether oxygens (including phenoxy) is 2. The second-order valence-corrected chi connectivity index (χ2v) is 9.66. The van der Waals surface area contributed by atoms with Crippen molar-refractivity contribution in [1.82, 2.24) is 9.88 Å². The molecule has 0 atom stereocenters. The van der Waals surface area contributed by atoms with Gasteiger partial charge in [-0.2, -0.15) is 18.2 Å². The third-order valence-electron chi connectivity index (χ3n) is 6.75. The summed E-state index contributed by atoms with van der Waals surface area (Å²) >= 11 is 0. The van der Waals surface area contributed by atoms with Crippen LogP contribution in [0.5, 0.6) is 11.8 Å². The molecule has 1 fully saturated rings. The highest BCUT2D eigenvalue weighted by molar-refractivity contribution is 5.70. The van der Waals surface area contributed by atoms with Gasteiger partial charge in [-0.25, -0.2) is 4.79 Å². The Bertz CT molecular complexity index is 1500. The minimum absolute atomic E-state index is 0.00132. The van der Waals surface area contributed by atoms with Crippen molar-refractivity contribution in [2.45, 2.75) is 19.4 Å². The molecule has 1 amide bonds. The van der Waals surface area contributed by atoms with E-state index in [0.717, 1.165) is 17.2 Å². The molecular weight excluding hydrogens is 549 g/mol. The highest BCUT2D eigenvalue weighted by Crippen LogP contribution is 2.40. The molecule has 11 heteroatoms. The molecule has 3 aromatic carbocycles. The largest absolute Gasteiger partial charge is 0.473 e. The van der Waals surface area contributed by atoms with E-state index in [9.17, 15) is 23.1 Å². The highest BCUT2D eigenvalue weighted by Gasteiger charge is 2.36. The molecule has 1 aliphatic heterocycles. The lowest BCUT2D eigenvalue weighted by Gasteiger charge is -2.36. The first-order chi connectivity index (χ1) is 20.3. The van der Waals surface area contributed by atoms with Crippen LogP contribution in [0, 0.1) is 0 Å². The smallest absolute Gasteiger partial charge is 0.418 e. The van der Waals surface area contributed by atoms with E-state index in [1.165, 1.54) is 11.0 Å². The maximum absolute atomic E-state index is 14.2. The van der Waals surface area contributed by atoms with Gasteiger partial charge in [0, 0.05) is 43.6 Å². The number of pyridine rings is 1. The number of anilines is 3. The molecule has 0 spiro atoms. The van der Waals surface area contributed by atoms with E-state index in [-0.39, 0.29) is 56.6 Å². The van der Waals surface area contributed by atoms with Gasteiger partial charge in [-0.3, -0.25) is 0 Å². The van der Waals surface area contributed by atoms with Crippen LogP contribution in [0.3, 0.4) is 0 Å². The molecule has 218 valence electrons. The molecule has 1 saturated heterocycles. The van der Waals surface area contributed by atoms with Crippen molar-refractivity contribution in [1.29, 1.82) is 0 Å². The fourth-order valence-electron chi connectivity index (χ4n) is 4.58. The van der Waals surface area contributed by atoms with Crippen molar-refractivity contribution in [3.63, 3.8) is 0 Å². The Balaban J connectivity index is 1.38. The van der Waals surface area contributed by atoms with Crippen LogP contribution in [-0.4, -0.2) is 47.3 Å². The SMILES string of the molecule is O=C(O)N1CCN(c2ccc(Nc3ccc(OCc4ccccc4)nc3OCc3ccccc3)cc2C(F)(F)F)CC1. The summed E-state index contributed by atoms with van der Waals surface area (Å²) in [7, 11) is 0. The number of carbonyl (C=O) groups is 1. The normalized spacial score (nSPS) is 13.5. The first-order valence-electron chi connectivity index (χ1n) is 13.3. The quantitative estimate of drug-likeness (QED) is 0.226. The number of nitrogens with one attached hydrogen (secondary N) is 1. The number of nitrogens with zero attached hydrogens (tertiary/aromatic N) is 3. The molecule has 0 unspecified atom stereocenters. The van der Waals surface area contributed by atoms with Crippen LogP contribution < -0.4 is 19.7 Å². The number of hydrogen-bond acceptors (Lipinski definition) is 6. The number of amides is 1. The Hall–Kier alpha value is -4.93. The van der Waals surface area contributed by atoms with E-state index >= 15 is 0 Å². The van der Waals surface area contributed by atoms with Crippen molar-refractivity contribution in [3.8, 4) is 11.8 Å². The van der Waals surface area contributed by atoms with Crippen LogP contribution in [0.4, 0.5) is 35.0 Å². The van der Waals surface area contributed by atoms with Gasteiger partial charge in [-0.1, -0.05) is 60.7 Å². The lowest BCUT2D eigenvalue weighted by atomic mass is 10.1. The number of alkyl halides is 3. The van der Waals surface area contributed by atoms with Crippen LogP contribution in [0.1, 0.15) is 16.7 Å². The predicted molar refractivity (Wildman–Crippen MR) is 152 cm³/mol. The van der Waals surface area contributed by atoms with E-state index in [1.807, 2.05) is 60.7 Å². The molecule has 42 heavy (non-hydrogen) atoms. The van der Waals surface area contributed by atoms with Gasteiger partial charge >= 0.3 is 12.3 Å². The minimum Gasteiger partial charge on any atom is -0.473 e. The zero-order chi connectivity index (χ0) is 29.5. The predicted octanol–water partition coefficient (Wildman–Crippen LogP) is 6.80. The Morgan fingerprint density at radius 1 is 0.833 bits per heavy atom. The molecule has 0 aliphatic carbocycles. The summed E-state index contributed by atoms with van der Waals surface area (Å²) in [5, 5.41) is 12.2. The summed E-state index contributed by atoms with van der Waals surface area (Å²) in [4.78, 5) is 18.5. The first kappa shape index (κ1) is 28.6. The zero-order valence-electron chi connectivity index (χ0n) is 22.6. The van der Waals surface area contributed by atoms with E-state index in [0.29, 0.717) is 11.6 Å². The van der Waals surface area contributed by atoms with Crippen molar-refractivity contribution in [3.05, 3.63) is 108 Å². The topological polar surface area (TPSA) is 87.2 Å². The van der Waals surface area contributed by atoms with Gasteiger partial charge in [-0.05, 0) is 35.4 Å². The third-order valence-corrected chi connectivity index (χ3v) is 6.75. The van der Waals surface area contributed by atoms with Crippen molar-refractivity contribution >= 4 is 23.2 Å². The van der Waals surface area contributed by atoms with Gasteiger partial charge in [0.1, 0.15) is 18.9 Å². The lowest BCUT2D eigenvalue weighted by Crippen LogP contribution is -2.48. The molecular formula is C31H29F3N4O4. The lowest BCUT2D eigenvalue weighted by molar-refractivity contribution is -0.137. The number of rotatable bonds is 9. The average molecular weight is 579 g/mol. The molecule has 2 N–H and O–H groups in total. The van der Waals surface area contributed by atoms with Crippen LogP contribution in [0.2, 0.25) is 0 Å². The molecule has 1 aliphatic rings. The second-order valence-electron chi connectivity index (χ2n) is 9.66. The van der Waals surface area contributed by atoms with Gasteiger partial charge in [0.2, 0.25) is 11.8 Å². The Labute approximate surface area is 240 Å². The van der Waals surface area contributed by atoms with Crippen molar-refractivity contribution in [2.75, 3.05) is 36.4 Å². The Morgan fingerprint density at radius 3 is 2.05 bits per heavy atom. The maximum atomic E-state index is 14.2. The summed E-state index contributed by atoms with van der Waals surface area (Å²) in [6, 6.07) is 26.3. The van der Waals surface area contributed by atoms with Crippen LogP contribution in [0.25, 0.3) is 0 Å². The molecule has 2 heterocycles. The second kappa shape index (κ2) is 12.7. The molecule has 8 nitrogen and oxygen atoms in total. The molecule has 0 saturated carbocycles. The monoisotopic (exact) mass is 578 g/mol. The van der Waals surface area contributed by atoms with Crippen LogP contribution in [-0.2, 0) is 19.4 Å². The number of piperazine rings is 1. The van der Waals surface area contributed by atoms with Gasteiger partial charge < -0.3 is 29.7 Å². The molecule has 1 aromatic heterocycles. The van der Waals surface area contributed by atoms with Crippen LogP contribution in [0.15, 0.2) is 91.0 Å². The molecule has 4 aromatic rings. The van der Waals surface area contributed by atoms with Gasteiger partial charge in [0.05, 0.1) is 5.56 Å². The minimum atomic E-state index is -4.63. The summed E-state index contributed by atoms with van der Waals surface area (Å²) < 4.78 is 54.4. The fourth-order valence-corrected chi connectivity index (χ4v) is 4.58. The summed E-state index contributed by atoms with van der Waals surface area (Å²) in [6.45, 7) is 1.05. The third kappa shape index (κ3) is 7.22. The Kier molecular flexibility index (Phi) is 8.66. The highest BCUT2D eigenvalue weighted by atomic mass is 19.4. The van der Waals surface area contributed by atoms with E-state index in [2.05, 4.69) is 10.3 Å². The average Bonchev–Trinajstić information content (AvgIpc) is 3.00. The standard InChI is InChI=1S/C31H29F3N4O4/c32-31(33,34)25-19-24(11-13-27(25)37-15-17-38(18-16-37)30(39)40)35-26-12-14-28(41-20-22-7-3-1-4-8-22)36-29(26)42-21-23-9-5-2-6-10-23/h1-14,19,35H,15-18,20-21H2,(H,39,40). The number of halogens is 3. The number of hydrogen-bond donors (Lipinski definition) is 2. The van der Waals surface area contributed by atoms with Crippen molar-refractivity contribution in [2.24, 2.45) is 0 Å². The zero-order valence-corrected chi connectivity index (χ0v) is 22.6. The molecule has 0 radical (unpaired) electrons. The van der Waals surface area contributed by atoms with Crippen molar-refractivity contribution < 1.29 is 32.5 Å². The number of aromatic nitrogens is 1. The summed E-state index contributed by atoms with van der Waals surface area (Å²) in [5.41, 5.74) is 1.60. The molecule has 0 bridgehead atoms. The fraction of sp³-hybridized carbons (Fsp3) is 0.226. The number of carboxylic acid groups (broad SMARTS) is 1. The van der Waals surface area contributed by atoms with E-state index in [1.54, 1.807) is 23.1 Å². The Morgan fingerprint density at radius 2 is 1.45 bits per heavy atom. The number of benzene rings is 3. The summed E-state index contributed by atoms with van der Waals surface area (Å²) in [5.74, 6) is 0.478. The molecule has 5 rings (SSSR count). The summed E-state index contributed by atoms with van der Waals surface area (Å²) in [6.07, 6.45) is -5.71. The van der Waals surface area contributed by atoms with Gasteiger partial charge in [-0.15, -0.1) is 0 Å². The maximum Gasteiger partial charge on any atom is 0.418 e.